The first kappa shape index (κ1) is 23.6. The largest absolute Gasteiger partial charge is 0.573 e. The van der Waals surface area contributed by atoms with Crippen molar-refractivity contribution < 1.29 is 42.1 Å². The van der Waals surface area contributed by atoms with E-state index in [0.717, 1.165) is 47.7 Å². The zero-order chi connectivity index (χ0) is 24.8. The number of benzene rings is 2. The molecule has 1 unspecified atom stereocenters. The van der Waals surface area contributed by atoms with Gasteiger partial charge in [0.25, 0.3) is 5.91 Å². The summed E-state index contributed by atoms with van der Waals surface area (Å²) < 4.78 is 57.4. The number of carboxylic acids is 1. The van der Waals surface area contributed by atoms with Crippen LogP contribution < -0.4 is 9.84 Å². The Balaban J connectivity index is 1.87. The van der Waals surface area contributed by atoms with Gasteiger partial charge in [-0.05, 0) is 67.6 Å². The summed E-state index contributed by atoms with van der Waals surface area (Å²) in [6.07, 6.45) is -2.08. The van der Waals surface area contributed by atoms with E-state index in [2.05, 4.69) is 4.74 Å². The predicted octanol–water partition coefficient (Wildman–Crippen LogP) is 4.41. The van der Waals surface area contributed by atoms with Crippen molar-refractivity contribution in [3.8, 4) is 11.5 Å². The van der Waals surface area contributed by atoms with E-state index in [1.165, 1.54) is 13.0 Å². The Morgan fingerprint density at radius 1 is 1.12 bits per heavy atom. The number of ether oxygens (including phenoxy) is 1. The molecule has 0 amide bonds. The SMILES string of the molecule is Cc1c(C(C(=O)[O-])C2CCCC2)c2c(F)c(O)ccc2n1C(=O)c1ccc(OC(F)(F)F)cc1. The lowest BCUT2D eigenvalue weighted by atomic mass is 9.83. The molecule has 0 radical (unpaired) electrons. The summed E-state index contributed by atoms with van der Waals surface area (Å²) in [5, 5.41) is 22.0. The van der Waals surface area contributed by atoms with Gasteiger partial charge in [-0.3, -0.25) is 9.36 Å². The second-order valence-electron chi connectivity index (χ2n) is 8.35. The van der Waals surface area contributed by atoms with Crippen LogP contribution in [-0.2, 0) is 4.79 Å². The number of hydrogen-bond acceptors (Lipinski definition) is 5. The Labute approximate surface area is 191 Å². The number of halogens is 4. The Hall–Kier alpha value is -3.56. The molecule has 0 saturated heterocycles. The first-order chi connectivity index (χ1) is 16.0. The van der Waals surface area contributed by atoms with E-state index in [4.69, 9.17) is 0 Å². The summed E-state index contributed by atoms with van der Waals surface area (Å²) in [6.45, 7) is 1.47. The molecular weight excluding hydrogens is 458 g/mol. The summed E-state index contributed by atoms with van der Waals surface area (Å²) in [5.74, 6) is -5.90. The smallest absolute Gasteiger partial charge is 0.549 e. The van der Waals surface area contributed by atoms with Crippen LogP contribution in [0.2, 0.25) is 0 Å². The number of carbonyl (C=O) groups excluding carboxylic acids is 2. The number of aliphatic carboxylic acids is 1. The summed E-state index contributed by atoms with van der Waals surface area (Å²) in [7, 11) is 0. The highest BCUT2D eigenvalue weighted by Crippen LogP contribution is 2.44. The summed E-state index contributed by atoms with van der Waals surface area (Å²) in [5.41, 5.74) is 0.218. The predicted molar refractivity (Wildman–Crippen MR) is 111 cm³/mol. The maximum absolute atomic E-state index is 15.1. The molecule has 1 aromatic heterocycles. The number of phenols is 1. The van der Waals surface area contributed by atoms with Gasteiger partial charge >= 0.3 is 6.36 Å². The van der Waals surface area contributed by atoms with Crippen LogP contribution in [0.3, 0.4) is 0 Å². The van der Waals surface area contributed by atoms with Gasteiger partial charge in [-0.15, -0.1) is 13.2 Å². The molecule has 1 saturated carbocycles. The Kier molecular flexibility index (Phi) is 6.01. The molecule has 6 nitrogen and oxygen atoms in total. The van der Waals surface area contributed by atoms with Crippen LogP contribution >= 0.6 is 0 Å². The molecule has 10 heteroatoms. The molecule has 1 heterocycles. The van der Waals surface area contributed by atoms with Gasteiger partial charge in [0.15, 0.2) is 11.6 Å². The molecule has 4 rings (SSSR count). The van der Waals surface area contributed by atoms with Gasteiger partial charge in [-0.2, -0.15) is 0 Å². The molecular formula is C24H20F4NO5-. The molecule has 0 spiro atoms. The van der Waals surface area contributed by atoms with Gasteiger partial charge in [0.2, 0.25) is 0 Å². The second-order valence-corrected chi connectivity index (χ2v) is 8.35. The number of fused-ring (bicyclic) bond motifs is 1. The van der Waals surface area contributed by atoms with Crippen LogP contribution in [0, 0.1) is 18.7 Å². The standard InChI is InChI=1S/C24H21F4NO5/c1-12-18(19(23(32)33)13-4-2-3-5-13)20-16(10-11-17(30)21(20)25)29(12)22(31)14-6-8-15(9-7-14)34-24(26,27)28/h6-11,13,19,30H,2-5H2,1H3,(H,32,33)/p-1. The molecule has 34 heavy (non-hydrogen) atoms. The number of hydrogen-bond donors (Lipinski definition) is 1. The number of carboxylic acid groups (broad SMARTS) is 1. The Bertz CT molecular complexity index is 1260. The first-order valence-electron chi connectivity index (χ1n) is 10.6. The lowest BCUT2D eigenvalue weighted by molar-refractivity contribution is -0.309. The van der Waals surface area contributed by atoms with E-state index < -0.39 is 41.5 Å². The van der Waals surface area contributed by atoms with Crippen molar-refractivity contribution in [3.63, 3.8) is 0 Å². The van der Waals surface area contributed by atoms with Crippen LogP contribution in [-0.4, -0.2) is 27.9 Å². The molecule has 1 aliphatic carbocycles. The fraction of sp³-hybridized carbons (Fsp3) is 0.333. The fourth-order valence-electron chi connectivity index (χ4n) is 4.89. The highest BCUT2D eigenvalue weighted by molar-refractivity contribution is 6.05. The molecule has 1 aliphatic rings. The lowest BCUT2D eigenvalue weighted by Crippen LogP contribution is -2.34. The minimum Gasteiger partial charge on any atom is -0.549 e. The van der Waals surface area contributed by atoms with E-state index in [0.29, 0.717) is 12.8 Å². The maximum atomic E-state index is 15.1. The van der Waals surface area contributed by atoms with Crippen LogP contribution in [0.1, 0.15) is 53.2 Å². The number of alkyl halides is 3. The first-order valence-corrected chi connectivity index (χ1v) is 10.6. The highest BCUT2D eigenvalue weighted by Gasteiger charge is 2.35. The van der Waals surface area contributed by atoms with Crippen molar-refractivity contribution in [3.05, 3.63) is 59.0 Å². The van der Waals surface area contributed by atoms with Gasteiger partial charge < -0.3 is 19.7 Å². The van der Waals surface area contributed by atoms with Gasteiger partial charge in [0, 0.05) is 28.5 Å². The molecule has 3 aromatic rings. The lowest BCUT2D eigenvalue weighted by Gasteiger charge is -2.25. The van der Waals surface area contributed by atoms with Gasteiger partial charge in [0.1, 0.15) is 5.75 Å². The van der Waals surface area contributed by atoms with E-state index in [1.807, 2.05) is 0 Å². The number of aromatic nitrogens is 1. The maximum Gasteiger partial charge on any atom is 0.573 e. The third kappa shape index (κ3) is 4.20. The highest BCUT2D eigenvalue weighted by atomic mass is 19.4. The molecule has 1 N–H and O–H groups in total. The number of aromatic hydroxyl groups is 1. The number of carbonyl (C=O) groups is 2. The van der Waals surface area contributed by atoms with Gasteiger partial charge in [-0.1, -0.05) is 12.8 Å². The quantitative estimate of drug-likeness (QED) is 0.549. The average molecular weight is 478 g/mol. The van der Waals surface area contributed by atoms with E-state index in [-0.39, 0.29) is 33.6 Å². The number of rotatable bonds is 5. The Morgan fingerprint density at radius 2 is 1.74 bits per heavy atom. The van der Waals surface area contributed by atoms with Crippen molar-refractivity contribution in [1.82, 2.24) is 4.57 Å². The second kappa shape index (κ2) is 8.66. The summed E-state index contributed by atoms with van der Waals surface area (Å²) in [4.78, 5) is 25.5. The van der Waals surface area contributed by atoms with Crippen LogP contribution in [0.5, 0.6) is 11.5 Å². The van der Waals surface area contributed by atoms with Crippen LogP contribution in [0.25, 0.3) is 10.9 Å². The normalized spacial score (nSPS) is 15.6. The minimum absolute atomic E-state index is 0.0274. The average Bonchev–Trinajstić information content (AvgIpc) is 3.37. The van der Waals surface area contributed by atoms with Gasteiger partial charge in [0.05, 0.1) is 5.52 Å². The minimum atomic E-state index is -4.90. The van der Waals surface area contributed by atoms with Crippen molar-refractivity contribution in [2.75, 3.05) is 0 Å². The third-order valence-electron chi connectivity index (χ3n) is 6.31. The van der Waals surface area contributed by atoms with Gasteiger partial charge in [-0.25, -0.2) is 4.39 Å². The van der Waals surface area contributed by atoms with Crippen molar-refractivity contribution in [2.45, 2.75) is 44.9 Å². The zero-order valence-corrected chi connectivity index (χ0v) is 18.0. The molecule has 1 fully saturated rings. The third-order valence-corrected chi connectivity index (χ3v) is 6.31. The molecule has 0 bridgehead atoms. The van der Waals surface area contributed by atoms with Crippen LogP contribution in [0.4, 0.5) is 17.6 Å². The van der Waals surface area contributed by atoms with Crippen LogP contribution in [0.15, 0.2) is 36.4 Å². The summed E-state index contributed by atoms with van der Waals surface area (Å²) in [6, 6.07) is 6.53. The monoisotopic (exact) mass is 478 g/mol. The topological polar surface area (TPSA) is 91.6 Å². The van der Waals surface area contributed by atoms with Crippen molar-refractivity contribution >= 4 is 22.8 Å². The van der Waals surface area contributed by atoms with E-state index >= 15 is 4.39 Å². The van der Waals surface area contributed by atoms with E-state index in [1.54, 1.807) is 0 Å². The Morgan fingerprint density at radius 3 is 2.29 bits per heavy atom. The number of nitrogens with zero attached hydrogens (tertiary/aromatic N) is 1. The van der Waals surface area contributed by atoms with E-state index in [9.17, 15) is 33.0 Å². The van der Waals surface area contributed by atoms with Crippen molar-refractivity contribution in [2.24, 2.45) is 5.92 Å². The zero-order valence-electron chi connectivity index (χ0n) is 18.0. The molecule has 2 aromatic carbocycles. The molecule has 0 aliphatic heterocycles. The summed E-state index contributed by atoms with van der Waals surface area (Å²) >= 11 is 0. The van der Waals surface area contributed by atoms with Crippen molar-refractivity contribution in [1.29, 1.82) is 0 Å². The number of phenolic OH excluding ortho intramolecular Hbond substituents is 1. The fourth-order valence-corrected chi connectivity index (χ4v) is 4.89. The molecule has 1 atom stereocenters. The molecule has 180 valence electrons.